The van der Waals surface area contributed by atoms with Gasteiger partial charge in [0.15, 0.2) is 0 Å². The van der Waals surface area contributed by atoms with Crippen molar-refractivity contribution in [3.05, 3.63) is 18.1 Å². The maximum absolute atomic E-state index is 12.1. The number of anilines is 1. The lowest BCUT2D eigenvalue weighted by Crippen LogP contribution is -2.28. The van der Waals surface area contributed by atoms with Crippen LogP contribution in [0.4, 0.5) is 5.82 Å². The second-order valence-corrected chi connectivity index (χ2v) is 5.30. The lowest BCUT2D eigenvalue weighted by atomic mass is 9.91. The molecule has 7 heteroatoms. The SMILES string of the molecule is CCC1CC(CC(=O)Nc2ccnc(C(=O)OC)n2)CCO1. The van der Waals surface area contributed by atoms with Crippen LogP contribution in [0, 0.1) is 5.92 Å². The Hall–Kier alpha value is -2.02. The molecule has 0 saturated carbocycles. The maximum atomic E-state index is 12.1. The number of esters is 1. The lowest BCUT2D eigenvalue weighted by Gasteiger charge is -2.28. The average Bonchev–Trinajstić information content (AvgIpc) is 2.54. The number of amides is 1. The van der Waals surface area contributed by atoms with Gasteiger partial charge in [-0.1, -0.05) is 6.92 Å². The van der Waals surface area contributed by atoms with Crippen LogP contribution in [0.25, 0.3) is 0 Å². The highest BCUT2D eigenvalue weighted by molar-refractivity contribution is 5.91. The third kappa shape index (κ3) is 4.49. The summed E-state index contributed by atoms with van der Waals surface area (Å²) in [4.78, 5) is 31.2. The molecule has 2 heterocycles. The summed E-state index contributed by atoms with van der Waals surface area (Å²) in [6.07, 6.45) is 4.85. The Morgan fingerprint density at radius 2 is 2.32 bits per heavy atom. The van der Waals surface area contributed by atoms with E-state index in [1.54, 1.807) is 6.07 Å². The second kappa shape index (κ2) is 7.84. The highest BCUT2D eigenvalue weighted by Gasteiger charge is 2.23. The molecule has 1 aliphatic rings. The molecule has 1 fully saturated rings. The van der Waals surface area contributed by atoms with Gasteiger partial charge in [-0.3, -0.25) is 4.79 Å². The molecule has 1 saturated heterocycles. The molecule has 1 amide bonds. The molecule has 0 spiro atoms. The summed E-state index contributed by atoms with van der Waals surface area (Å²) >= 11 is 0. The van der Waals surface area contributed by atoms with Gasteiger partial charge < -0.3 is 14.8 Å². The summed E-state index contributed by atoms with van der Waals surface area (Å²) in [6, 6.07) is 1.54. The van der Waals surface area contributed by atoms with Crippen molar-refractivity contribution in [1.82, 2.24) is 9.97 Å². The van der Waals surface area contributed by atoms with Crippen LogP contribution < -0.4 is 5.32 Å². The quantitative estimate of drug-likeness (QED) is 0.834. The van der Waals surface area contributed by atoms with Crippen LogP contribution in [0.5, 0.6) is 0 Å². The molecular formula is C15H21N3O4. The number of hydrogen-bond acceptors (Lipinski definition) is 6. The summed E-state index contributed by atoms with van der Waals surface area (Å²) in [5.41, 5.74) is 0. The van der Waals surface area contributed by atoms with Crippen LogP contribution in [-0.2, 0) is 14.3 Å². The fourth-order valence-electron chi connectivity index (χ4n) is 2.50. The van der Waals surface area contributed by atoms with Crippen LogP contribution in [-0.4, -0.2) is 41.7 Å². The number of aromatic nitrogens is 2. The Balaban J connectivity index is 1.90. The fourth-order valence-corrected chi connectivity index (χ4v) is 2.50. The minimum Gasteiger partial charge on any atom is -0.463 e. The molecule has 0 bridgehead atoms. The number of nitrogens with one attached hydrogen (secondary N) is 1. The number of hydrogen-bond donors (Lipinski definition) is 1. The van der Waals surface area contributed by atoms with E-state index < -0.39 is 5.97 Å². The number of rotatable bonds is 5. The Morgan fingerprint density at radius 3 is 3.05 bits per heavy atom. The van der Waals surface area contributed by atoms with Crippen molar-refractivity contribution in [3.8, 4) is 0 Å². The number of ether oxygens (including phenoxy) is 2. The van der Waals surface area contributed by atoms with Crippen LogP contribution in [0.3, 0.4) is 0 Å². The van der Waals surface area contributed by atoms with Gasteiger partial charge in [-0.05, 0) is 31.2 Å². The van der Waals surface area contributed by atoms with Crippen LogP contribution in [0.1, 0.15) is 43.2 Å². The van der Waals surface area contributed by atoms with Crippen molar-refractivity contribution in [3.63, 3.8) is 0 Å². The van der Waals surface area contributed by atoms with Crippen LogP contribution in [0.2, 0.25) is 0 Å². The molecule has 2 unspecified atom stereocenters. The Morgan fingerprint density at radius 1 is 1.50 bits per heavy atom. The summed E-state index contributed by atoms with van der Waals surface area (Å²) in [6.45, 7) is 2.79. The Labute approximate surface area is 129 Å². The van der Waals surface area contributed by atoms with Crippen LogP contribution in [0.15, 0.2) is 12.3 Å². The molecule has 1 N–H and O–H groups in total. The largest absolute Gasteiger partial charge is 0.463 e. The first-order valence-corrected chi connectivity index (χ1v) is 7.45. The van der Waals surface area contributed by atoms with Crippen molar-refractivity contribution in [2.24, 2.45) is 5.92 Å². The van der Waals surface area contributed by atoms with E-state index in [0.29, 0.717) is 24.8 Å². The van der Waals surface area contributed by atoms with E-state index in [4.69, 9.17) is 4.74 Å². The fraction of sp³-hybridized carbons (Fsp3) is 0.600. The highest BCUT2D eigenvalue weighted by atomic mass is 16.5. The maximum Gasteiger partial charge on any atom is 0.376 e. The number of nitrogens with zero attached hydrogens (tertiary/aromatic N) is 2. The average molecular weight is 307 g/mol. The normalized spacial score (nSPS) is 21.2. The van der Waals surface area contributed by atoms with E-state index in [1.165, 1.54) is 13.3 Å². The second-order valence-electron chi connectivity index (χ2n) is 5.30. The van der Waals surface area contributed by atoms with E-state index in [-0.39, 0.29) is 17.8 Å². The highest BCUT2D eigenvalue weighted by Crippen LogP contribution is 2.25. The predicted octanol–water partition coefficient (Wildman–Crippen LogP) is 1.80. The molecule has 2 rings (SSSR count). The molecule has 0 aromatic carbocycles. The topological polar surface area (TPSA) is 90.4 Å². The van der Waals surface area contributed by atoms with E-state index in [1.807, 2.05) is 0 Å². The zero-order valence-electron chi connectivity index (χ0n) is 12.9. The molecule has 7 nitrogen and oxygen atoms in total. The molecule has 22 heavy (non-hydrogen) atoms. The molecule has 1 aromatic rings. The first-order valence-electron chi connectivity index (χ1n) is 7.45. The first kappa shape index (κ1) is 16.4. The molecule has 120 valence electrons. The van der Waals surface area contributed by atoms with E-state index >= 15 is 0 Å². The van der Waals surface area contributed by atoms with Crippen molar-refractivity contribution in [1.29, 1.82) is 0 Å². The lowest BCUT2D eigenvalue weighted by molar-refractivity contribution is -0.118. The first-order chi connectivity index (χ1) is 10.6. The van der Waals surface area contributed by atoms with E-state index in [0.717, 1.165) is 19.3 Å². The summed E-state index contributed by atoms with van der Waals surface area (Å²) in [5.74, 6) is -0.194. The molecule has 1 aliphatic heterocycles. The van der Waals surface area contributed by atoms with Gasteiger partial charge in [0.1, 0.15) is 5.82 Å². The standard InChI is InChI=1S/C15H21N3O4/c1-3-11-8-10(5-7-22-11)9-13(19)17-12-4-6-16-14(18-12)15(20)21-2/h4,6,10-11H,3,5,7-9H2,1-2H3,(H,16,17,18,19). The zero-order chi connectivity index (χ0) is 15.9. The summed E-state index contributed by atoms with van der Waals surface area (Å²) in [7, 11) is 1.26. The summed E-state index contributed by atoms with van der Waals surface area (Å²) < 4.78 is 10.2. The number of methoxy groups -OCH3 is 1. The van der Waals surface area contributed by atoms with Gasteiger partial charge in [0.05, 0.1) is 13.2 Å². The Bertz CT molecular complexity index is 535. The third-order valence-corrected chi connectivity index (χ3v) is 3.70. The predicted molar refractivity (Wildman–Crippen MR) is 79.4 cm³/mol. The van der Waals surface area contributed by atoms with Gasteiger partial charge in [0, 0.05) is 19.2 Å². The molecule has 0 radical (unpaired) electrons. The van der Waals surface area contributed by atoms with Gasteiger partial charge in [-0.25, -0.2) is 14.8 Å². The number of carbonyl (C=O) groups is 2. The van der Waals surface area contributed by atoms with Gasteiger partial charge in [-0.2, -0.15) is 0 Å². The molecule has 2 atom stereocenters. The third-order valence-electron chi connectivity index (χ3n) is 3.70. The summed E-state index contributed by atoms with van der Waals surface area (Å²) in [5, 5.41) is 2.70. The van der Waals surface area contributed by atoms with Gasteiger partial charge in [-0.15, -0.1) is 0 Å². The van der Waals surface area contributed by atoms with Crippen molar-refractivity contribution in [2.75, 3.05) is 19.0 Å². The zero-order valence-corrected chi connectivity index (χ0v) is 12.9. The van der Waals surface area contributed by atoms with Crippen molar-refractivity contribution < 1.29 is 19.1 Å². The minimum absolute atomic E-state index is 0.0718. The Kier molecular flexibility index (Phi) is 5.83. The van der Waals surface area contributed by atoms with E-state index in [2.05, 4.69) is 26.9 Å². The van der Waals surface area contributed by atoms with Gasteiger partial charge in [0.25, 0.3) is 0 Å². The molecular weight excluding hydrogens is 286 g/mol. The molecule has 1 aromatic heterocycles. The smallest absolute Gasteiger partial charge is 0.376 e. The van der Waals surface area contributed by atoms with Crippen molar-refractivity contribution >= 4 is 17.7 Å². The van der Waals surface area contributed by atoms with Gasteiger partial charge >= 0.3 is 5.97 Å². The van der Waals surface area contributed by atoms with Crippen LogP contribution >= 0.6 is 0 Å². The minimum atomic E-state index is -0.633. The monoisotopic (exact) mass is 307 g/mol. The van der Waals surface area contributed by atoms with E-state index in [9.17, 15) is 9.59 Å². The van der Waals surface area contributed by atoms with Gasteiger partial charge in [0.2, 0.25) is 11.7 Å². The molecule has 0 aliphatic carbocycles. The van der Waals surface area contributed by atoms with Crippen molar-refractivity contribution in [2.45, 2.75) is 38.7 Å². The number of carbonyl (C=O) groups excluding carboxylic acids is 2.